The van der Waals surface area contributed by atoms with E-state index in [0.717, 1.165) is 18.4 Å². The summed E-state index contributed by atoms with van der Waals surface area (Å²) in [6.07, 6.45) is 0.773. The number of carboxylic acid groups (broad SMARTS) is 1. The third-order valence-corrected chi connectivity index (χ3v) is 4.11. The number of morpholine rings is 1. The molecule has 106 valence electrons. The molecule has 0 radical (unpaired) electrons. The summed E-state index contributed by atoms with van der Waals surface area (Å²) in [6.45, 7) is 0.896. The maximum Gasteiger partial charge on any atom is 0.334 e. The number of hydrogen-bond donors (Lipinski definition) is 1. The monoisotopic (exact) mass is 275 g/mol. The molecule has 1 N–H and O–H groups in total. The summed E-state index contributed by atoms with van der Waals surface area (Å²) in [5.74, 6) is -0.967. The molecule has 5 nitrogen and oxygen atoms in total. The van der Waals surface area contributed by atoms with E-state index in [9.17, 15) is 9.59 Å². The van der Waals surface area contributed by atoms with Crippen LogP contribution < -0.4 is 0 Å². The van der Waals surface area contributed by atoms with Gasteiger partial charge in [0.05, 0.1) is 18.6 Å². The highest BCUT2D eigenvalue weighted by molar-refractivity contribution is 5.91. The number of carbonyl (C=O) groups is 2. The summed E-state index contributed by atoms with van der Waals surface area (Å²) in [6, 6.07) is 9.74. The van der Waals surface area contributed by atoms with E-state index in [1.165, 1.54) is 0 Å². The zero-order chi connectivity index (χ0) is 14.2. The van der Waals surface area contributed by atoms with Crippen LogP contribution in [0.1, 0.15) is 18.4 Å². The number of ether oxygens (including phenoxy) is 1. The van der Waals surface area contributed by atoms with Gasteiger partial charge in [-0.05, 0) is 18.4 Å². The molecule has 0 spiro atoms. The van der Waals surface area contributed by atoms with E-state index in [2.05, 4.69) is 0 Å². The van der Waals surface area contributed by atoms with Crippen LogP contribution in [0.5, 0.6) is 0 Å². The Kier molecular flexibility index (Phi) is 3.22. The lowest BCUT2D eigenvalue weighted by atomic mass is 9.94. The average molecular weight is 275 g/mol. The van der Waals surface area contributed by atoms with E-state index in [0.29, 0.717) is 6.54 Å². The standard InChI is InChI=1S/C15H17NO4/c17-13(18)12-10-16(8-9-20-12)14(19)15(6-7-15)11-4-2-1-3-5-11/h1-5,12H,6-10H2,(H,17,18)/t12-/m0/s1. The number of aliphatic carboxylic acids is 1. The van der Waals surface area contributed by atoms with Gasteiger partial charge < -0.3 is 14.7 Å². The van der Waals surface area contributed by atoms with Gasteiger partial charge in [0.15, 0.2) is 6.10 Å². The first kappa shape index (κ1) is 13.1. The van der Waals surface area contributed by atoms with E-state index in [4.69, 9.17) is 9.84 Å². The highest BCUT2D eigenvalue weighted by Crippen LogP contribution is 2.49. The molecule has 2 aliphatic rings. The SMILES string of the molecule is O=C(O)[C@@H]1CN(C(=O)C2(c3ccccc3)CC2)CCO1. The highest BCUT2D eigenvalue weighted by atomic mass is 16.5. The number of benzene rings is 1. The van der Waals surface area contributed by atoms with Crippen molar-refractivity contribution in [3.63, 3.8) is 0 Å². The Balaban J connectivity index is 1.77. The molecule has 1 saturated carbocycles. The molecular formula is C15H17NO4. The molecule has 1 atom stereocenters. The quantitative estimate of drug-likeness (QED) is 0.894. The molecule has 2 fully saturated rings. The number of hydrogen-bond acceptors (Lipinski definition) is 3. The van der Waals surface area contributed by atoms with Crippen molar-refractivity contribution in [3.8, 4) is 0 Å². The maximum absolute atomic E-state index is 12.7. The minimum Gasteiger partial charge on any atom is -0.479 e. The number of nitrogens with zero attached hydrogens (tertiary/aromatic N) is 1. The number of carboxylic acids is 1. The molecule has 1 amide bonds. The van der Waals surface area contributed by atoms with Crippen molar-refractivity contribution in [2.75, 3.05) is 19.7 Å². The van der Waals surface area contributed by atoms with Gasteiger partial charge in [-0.2, -0.15) is 0 Å². The number of amides is 1. The molecule has 0 aromatic heterocycles. The lowest BCUT2D eigenvalue weighted by Gasteiger charge is -2.33. The lowest BCUT2D eigenvalue weighted by Crippen LogP contribution is -2.51. The number of carbonyl (C=O) groups excluding carboxylic acids is 1. The van der Waals surface area contributed by atoms with Crippen LogP contribution in [0.4, 0.5) is 0 Å². The molecule has 5 heteroatoms. The van der Waals surface area contributed by atoms with Gasteiger partial charge in [0.1, 0.15) is 0 Å². The molecule has 1 heterocycles. The molecule has 3 rings (SSSR count). The van der Waals surface area contributed by atoms with E-state index in [-0.39, 0.29) is 19.1 Å². The predicted molar refractivity (Wildman–Crippen MR) is 71.3 cm³/mol. The predicted octanol–water partition coefficient (Wildman–Crippen LogP) is 1.03. The van der Waals surface area contributed by atoms with Gasteiger partial charge in [-0.3, -0.25) is 4.79 Å². The van der Waals surface area contributed by atoms with E-state index in [1.807, 2.05) is 30.3 Å². The molecule has 0 bridgehead atoms. The Labute approximate surface area is 117 Å². The van der Waals surface area contributed by atoms with Crippen LogP contribution >= 0.6 is 0 Å². The molecule has 20 heavy (non-hydrogen) atoms. The third kappa shape index (κ3) is 2.18. The van der Waals surface area contributed by atoms with Crippen molar-refractivity contribution in [2.24, 2.45) is 0 Å². The normalized spacial score (nSPS) is 24.2. The molecule has 0 unspecified atom stereocenters. The Morgan fingerprint density at radius 2 is 1.95 bits per heavy atom. The van der Waals surface area contributed by atoms with Crippen molar-refractivity contribution < 1.29 is 19.4 Å². The Bertz CT molecular complexity index is 524. The highest BCUT2D eigenvalue weighted by Gasteiger charge is 2.53. The Morgan fingerprint density at radius 3 is 2.55 bits per heavy atom. The van der Waals surface area contributed by atoms with Crippen LogP contribution in [-0.2, 0) is 19.7 Å². The van der Waals surface area contributed by atoms with Gasteiger partial charge in [-0.25, -0.2) is 4.79 Å². The second kappa shape index (κ2) is 4.90. The zero-order valence-corrected chi connectivity index (χ0v) is 11.1. The lowest BCUT2D eigenvalue weighted by molar-refractivity contribution is -0.160. The molecule has 1 saturated heterocycles. The topological polar surface area (TPSA) is 66.8 Å². The first-order chi connectivity index (χ1) is 9.63. The summed E-state index contributed by atoms with van der Waals surface area (Å²) in [5, 5.41) is 9.01. The van der Waals surface area contributed by atoms with Crippen molar-refractivity contribution >= 4 is 11.9 Å². The van der Waals surface area contributed by atoms with Crippen LogP contribution in [0.25, 0.3) is 0 Å². The molecule has 1 aliphatic heterocycles. The summed E-state index contributed by atoms with van der Waals surface area (Å²) in [7, 11) is 0. The summed E-state index contributed by atoms with van der Waals surface area (Å²) < 4.78 is 5.17. The van der Waals surface area contributed by atoms with Crippen LogP contribution in [-0.4, -0.2) is 47.7 Å². The van der Waals surface area contributed by atoms with Gasteiger partial charge in [-0.15, -0.1) is 0 Å². The molecular weight excluding hydrogens is 258 g/mol. The molecule has 1 aromatic rings. The first-order valence-corrected chi connectivity index (χ1v) is 6.83. The van der Waals surface area contributed by atoms with Gasteiger partial charge in [-0.1, -0.05) is 30.3 Å². The van der Waals surface area contributed by atoms with Crippen LogP contribution in [0.15, 0.2) is 30.3 Å². The second-order valence-corrected chi connectivity index (χ2v) is 5.40. The van der Waals surface area contributed by atoms with E-state index >= 15 is 0 Å². The smallest absolute Gasteiger partial charge is 0.334 e. The summed E-state index contributed by atoms with van der Waals surface area (Å²) >= 11 is 0. The number of rotatable bonds is 3. The van der Waals surface area contributed by atoms with Crippen molar-refractivity contribution in [3.05, 3.63) is 35.9 Å². The fraction of sp³-hybridized carbons (Fsp3) is 0.467. The minimum atomic E-state index is -1.01. The van der Waals surface area contributed by atoms with E-state index < -0.39 is 17.5 Å². The van der Waals surface area contributed by atoms with E-state index in [1.54, 1.807) is 4.90 Å². The van der Waals surface area contributed by atoms with Crippen molar-refractivity contribution in [2.45, 2.75) is 24.4 Å². The fourth-order valence-corrected chi connectivity index (χ4v) is 2.79. The van der Waals surface area contributed by atoms with Crippen molar-refractivity contribution in [1.29, 1.82) is 0 Å². The van der Waals surface area contributed by atoms with Crippen LogP contribution in [0.2, 0.25) is 0 Å². The zero-order valence-electron chi connectivity index (χ0n) is 11.1. The molecule has 1 aromatic carbocycles. The fourth-order valence-electron chi connectivity index (χ4n) is 2.79. The van der Waals surface area contributed by atoms with Gasteiger partial charge >= 0.3 is 5.97 Å². The average Bonchev–Trinajstić information content (AvgIpc) is 3.29. The Morgan fingerprint density at radius 1 is 1.25 bits per heavy atom. The largest absolute Gasteiger partial charge is 0.479 e. The summed E-state index contributed by atoms with van der Waals surface area (Å²) in [5.41, 5.74) is 0.602. The first-order valence-electron chi connectivity index (χ1n) is 6.83. The molecule has 1 aliphatic carbocycles. The maximum atomic E-state index is 12.7. The second-order valence-electron chi connectivity index (χ2n) is 5.40. The van der Waals surface area contributed by atoms with Crippen LogP contribution in [0.3, 0.4) is 0 Å². The van der Waals surface area contributed by atoms with Gasteiger partial charge in [0, 0.05) is 6.54 Å². The Hall–Kier alpha value is -1.88. The minimum absolute atomic E-state index is 0.0400. The van der Waals surface area contributed by atoms with Crippen molar-refractivity contribution in [1.82, 2.24) is 4.90 Å². The van der Waals surface area contributed by atoms with Gasteiger partial charge in [0.25, 0.3) is 0 Å². The van der Waals surface area contributed by atoms with Crippen LogP contribution in [0, 0.1) is 0 Å². The van der Waals surface area contributed by atoms with Gasteiger partial charge in [0.2, 0.25) is 5.91 Å². The third-order valence-electron chi connectivity index (χ3n) is 4.11. The summed E-state index contributed by atoms with van der Waals surface area (Å²) in [4.78, 5) is 25.4.